The number of rotatable bonds is 3. The Morgan fingerprint density at radius 2 is 1.79 bits per heavy atom. The van der Waals surface area contributed by atoms with Crippen LogP contribution < -0.4 is 4.90 Å². The Hall–Kier alpha value is -3.03. The van der Waals surface area contributed by atoms with Gasteiger partial charge in [0.25, 0.3) is 5.91 Å². The van der Waals surface area contributed by atoms with Crippen molar-refractivity contribution in [1.29, 1.82) is 0 Å². The molecule has 1 saturated heterocycles. The van der Waals surface area contributed by atoms with E-state index < -0.39 is 0 Å². The van der Waals surface area contributed by atoms with Crippen molar-refractivity contribution in [3.05, 3.63) is 48.0 Å². The molecule has 0 bridgehead atoms. The summed E-state index contributed by atoms with van der Waals surface area (Å²) < 4.78 is 1.91. The lowest BCUT2D eigenvalue weighted by Crippen LogP contribution is -2.35. The Balaban J connectivity index is 1.34. The van der Waals surface area contributed by atoms with Gasteiger partial charge >= 0.3 is 0 Å². The van der Waals surface area contributed by atoms with Crippen molar-refractivity contribution < 1.29 is 4.79 Å². The normalized spacial score (nSPS) is 18.1. The summed E-state index contributed by atoms with van der Waals surface area (Å²) in [5.41, 5.74) is 1.49. The number of fused-ring (bicyclic) bond motifs is 1. The minimum atomic E-state index is 0.0683. The van der Waals surface area contributed by atoms with Gasteiger partial charge in [-0.25, -0.2) is 0 Å². The van der Waals surface area contributed by atoms with E-state index in [2.05, 4.69) is 20.1 Å². The first-order valence-corrected chi connectivity index (χ1v) is 9.96. The first kappa shape index (κ1) is 17.1. The lowest BCUT2D eigenvalue weighted by molar-refractivity contribution is 0.0767. The number of hydrogen-bond donors (Lipinski definition) is 0. The molecular weight excluding hydrogens is 354 g/mol. The molecule has 1 amide bonds. The molecule has 8 nitrogen and oxygen atoms in total. The molecule has 1 saturated carbocycles. The molecule has 0 unspecified atom stereocenters. The van der Waals surface area contributed by atoms with Gasteiger partial charge in [0.2, 0.25) is 0 Å². The lowest BCUT2D eigenvalue weighted by Gasteiger charge is -2.24. The number of amides is 1. The van der Waals surface area contributed by atoms with Gasteiger partial charge in [0, 0.05) is 50.1 Å². The van der Waals surface area contributed by atoms with E-state index in [1.54, 1.807) is 24.5 Å². The van der Waals surface area contributed by atoms with E-state index in [9.17, 15) is 4.79 Å². The second-order valence-electron chi connectivity index (χ2n) is 7.52. The maximum absolute atomic E-state index is 12.7. The molecule has 2 aliphatic rings. The SMILES string of the molecule is O=C(c1ccncc1)N1CCCN(c2ccc3nnc(C4CCC4)n3n2)CC1. The van der Waals surface area contributed by atoms with Crippen LogP contribution in [0.4, 0.5) is 5.82 Å². The highest BCUT2D eigenvalue weighted by atomic mass is 16.2. The fourth-order valence-corrected chi connectivity index (χ4v) is 3.91. The van der Waals surface area contributed by atoms with E-state index in [1.807, 2.05) is 21.5 Å². The van der Waals surface area contributed by atoms with Crippen LogP contribution in [0.3, 0.4) is 0 Å². The van der Waals surface area contributed by atoms with Gasteiger partial charge in [-0.3, -0.25) is 9.78 Å². The standard InChI is InChI=1S/C20H23N7O/c28-20(16-7-9-21-10-8-16)26-12-2-11-25(13-14-26)18-6-5-17-22-23-19(27(17)24-18)15-3-1-4-15/h5-10,15H,1-4,11-14H2. The van der Waals surface area contributed by atoms with Gasteiger partial charge in [-0.05, 0) is 43.5 Å². The monoisotopic (exact) mass is 377 g/mol. The first-order valence-electron chi connectivity index (χ1n) is 9.96. The maximum Gasteiger partial charge on any atom is 0.254 e. The molecule has 0 aromatic carbocycles. The number of pyridine rings is 1. The Morgan fingerprint density at radius 1 is 0.929 bits per heavy atom. The fraction of sp³-hybridized carbons (Fsp3) is 0.450. The van der Waals surface area contributed by atoms with Crippen molar-refractivity contribution >= 4 is 17.4 Å². The zero-order chi connectivity index (χ0) is 18.9. The molecule has 1 aliphatic heterocycles. The van der Waals surface area contributed by atoms with Gasteiger partial charge in [0.15, 0.2) is 11.5 Å². The fourth-order valence-electron chi connectivity index (χ4n) is 3.91. The Kier molecular flexibility index (Phi) is 4.38. The first-order chi connectivity index (χ1) is 13.8. The highest BCUT2D eigenvalue weighted by Crippen LogP contribution is 2.35. The van der Waals surface area contributed by atoms with Gasteiger partial charge < -0.3 is 9.80 Å². The summed E-state index contributed by atoms with van der Waals surface area (Å²) in [6, 6.07) is 7.54. The molecule has 3 aromatic heterocycles. The number of carbonyl (C=O) groups excluding carboxylic acids is 1. The largest absolute Gasteiger partial charge is 0.353 e. The average molecular weight is 377 g/mol. The predicted octanol–water partition coefficient (Wildman–Crippen LogP) is 2.14. The molecule has 1 aliphatic carbocycles. The number of aromatic nitrogens is 5. The summed E-state index contributed by atoms with van der Waals surface area (Å²) in [7, 11) is 0. The van der Waals surface area contributed by atoms with E-state index in [1.165, 1.54) is 19.3 Å². The van der Waals surface area contributed by atoms with Crippen LogP contribution in [-0.2, 0) is 0 Å². The average Bonchev–Trinajstić information content (AvgIpc) is 2.94. The highest BCUT2D eigenvalue weighted by molar-refractivity contribution is 5.94. The Bertz CT molecular complexity index is 983. The van der Waals surface area contributed by atoms with Gasteiger partial charge in [0.05, 0.1) is 0 Å². The molecule has 4 heterocycles. The van der Waals surface area contributed by atoms with Crippen LogP contribution in [0.25, 0.3) is 5.65 Å². The van der Waals surface area contributed by atoms with E-state index in [0.29, 0.717) is 18.0 Å². The molecule has 0 radical (unpaired) electrons. The summed E-state index contributed by atoms with van der Waals surface area (Å²) in [6.45, 7) is 3.06. The van der Waals surface area contributed by atoms with Gasteiger partial charge in [0.1, 0.15) is 5.82 Å². The van der Waals surface area contributed by atoms with Crippen molar-refractivity contribution in [1.82, 2.24) is 29.7 Å². The summed E-state index contributed by atoms with van der Waals surface area (Å²) >= 11 is 0. The summed E-state index contributed by atoms with van der Waals surface area (Å²) in [6.07, 6.45) is 7.83. The van der Waals surface area contributed by atoms with Crippen LogP contribution in [0, 0.1) is 0 Å². The summed E-state index contributed by atoms with van der Waals surface area (Å²) in [4.78, 5) is 20.9. The number of hydrogen-bond acceptors (Lipinski definition) is 6. The van der Waals surface area contributed by atoms with Crippen LogP contribution in [0.15, 0.2) is 36.7 Å². The van der Waals surface area contributed by atoms with Gasteiger partial charge in [-0.1, -0.05) is 6.42 Å². The third kappa shape index (κ3) is 3.08. The lowest BCUT2D eigenvalue weighted by atomic mass is 9.85. The molecule has 0 spiro atoms. The minimum absolute atomic E-state index is 0.0683. The minimum Gasteiger partial charge on any atom is -0.353 e. The van der Waals surface area contributed by atoms with Crippen molar-refractivity contribution in [2.75, 3.05) is 31.1 Å². The molecular formula is C20H23N7O. The van der Waals surface area contributed by atoms with E-state index in [-0.39, 0.29) is 5.91 Å². The quantitative estimate of drug-likeness (QED) is 0.696. The highest BCUT2D eigenvalue weighted by Gasteiger charge is 2.26. The van der Waals surface area contributed by atoms with Crippen LogP contribution in [0.1, 0.15) is 47.8 Å². The maximum atomic E-state index is 12.7. The molecule has 28 heavy (non-hydrogen) atoms. The number of carbonyl (C=O) groups is 1. The third-order valence-electron chi connectivity index (χ3n) is 5.78. The third-order valence-corrected chi connectivity index (χ3v) is 5.78. The smallest absolute Gasteiger partial charge is 0.254 e. The summed E-state index contributed by atoms with van der Waals surface area (Å²) in [5.74, 6) is 2.45. The van der Waals surface area contributed by atoms with E-state index >= 15 is 0 Å². The van der Waals surface area contributed by atoms with Gasteiger partial charge in [-0.2, -0.15) is 4.52 Å². The van der Waals surface area contributed by atoms with Crippen LogP contribution in [0.2, 0.25) is 0 Å². The molecule has 0 atom stereocenters. The molecule has 0 N–H and O–H groups in total. The van der Waals surface area contributed by atoms with Crippen LogP contribution in [0.5, 0.6) is 0 Å². The topological polar surface area (TPSA) is 79.5 Å². The predicted molar refractivity (Wildman–Crippen MR) is 104 cm³/mol. The van der Waals surface area contributed by atoms with E-state index in [0.717, 1.165) is 43.3 Å². The van der Waals surface area contributed by atoms with Crippen LogP contribution >= 0.6 is 0 Å². The van der Waals surface area contributed by atoms with Crippen molar-refractivity contribution in [2.45, 2.75) is 31.6 Å². The molecule has 144 valence electrons. The van der Waals surface area contributed by atoms with Crippen molar-refractivity contribution in [3.8, 4) is 0 Å². The van der Waals surface area contributed by atoms with E-state index in [4.69, 9.17) is 5.10 Å². The zero-order valence-corrected chi connectivity index (χ0v) is 15.7. The van der Waals surface area contributed by atoms with Crippen molar-refractivity contribution in [2.24, 2.45) is 0 Å². The molecule has 5 rings (SSSR count). The summed E-state index contributed by atoms with van der Waals surface area (Å²) in [5, 5.41) is 13.5. The molecule has 3 aromatic rings. The zero-order valence-electron chi connectivity index (χ0n) is 15.7. The Labute approximate surface area is 163 Å². The number of nitrogens with zero attached hydrogens (tertiary/aromatic N) is 7. The van der Waals surface area contributed by atoms with Crippen LogP contribution in [-0.4, -0.2) is 61.8 Å². The molecule has 8 heteroatoms. The second-order valence-corrected chi connectivity index (χ2v) is 7.52. The Morgan fingerprint density at radius 3 is 2.57 bits per heavy atom. The van der Waals surface area contributed by atoms with Gasteiger partial charge in [-0.15, -0.1) is 15.3 Å². The van der Waals surface area contributed by atoms with Crippen molar-refractivity contribution in [3.63, 3.8) is 0 Å². The second kappa shape index (κ2) is 7.18. The number of anilines is 1. The molecule has 2 fully saturated rings.